The van der Waals surface area contributed by atoms with E-state index >= 15 is 0 Å². The molecule has 0 saturated carbocycles. The molecule has 6 heteroatoms. The summed E-state index contributed by atoms with van der Waals surface area (Å²) in [6, 6.07) is 3.31. The SMILES string of the molecule is CCSCCC(C)n1c(=S)[nH]c2cc(F)c(Cl)cc21. The number of H-pyrrole nitrogens is 1. The lowest BCUT2D eigenvalue weighted by atomic mass is 10.2. The highest BCUT2D eigenvalue weighted by atomic mass is 35.5. The summed E-state index contributed by atoms with van der Waals surface area (Å²) in [6.07, 6.45) is 1.02. The number of benzene rings is 1. The first-order valence-corrected chi connectivity index (χ1v) is 8.15. The van der Waals surface area contributed by atoms with Gasteiger partial charge < -0.3 is 9.55 Å². The third kappa shape index (κ3) is 3.15. The van der Waals surface area contributed by atoms with Gasteiger partial charge in [0.2, 0.25) is 0 Å². The van der Waals surface area contributed by atoms with Crippen LogP contribution >= 0.6 is 35.6 Å². The van der Waals surface area contributed by atoms with Gasteiger partial charge in [0.1, 0.15) is 5.82 Å². The molecule has 0 radical (unpaired) electrons. The molecule has 1 atom stereocenters. The minimum Gasteiger partial charge on any atom is -0.330 e. The van der Waals surface area contributed by atoms with Crippen molar-refractivity contribution in [1.82, 2.24) is 9.55 Å². The van der Waals surface area contributed by atoms with Gasteiger partial charge in [-0.2, -0.15) is 11.8 Å². The second-order valence-electron chi connectivity index (χ2n) is 4.42. The molecule has 1 heterocycles. The average molecular weight is 319 g/mol. The Morgan fingerprint density at radius 3 is 2.95 bits per heavy atom. The van der Waals surface area contributed by atoms with Gasteiger partial charge in [-0.3, -0.25) is 0 Å². The molecule has 2 aromatic rings. The molecule has 2 nitrogen and oxygen atoms in total. The highest BCUT2D eigenvalue weighted by molar-refractivity contribution is 7.99. The predicted molar refractivity (Wildman–Crippen MR) is 84.4 cm³/mol. The van der Waals surface area contributed by atoms with Crippen LogP contribution in [0.3, 0.4) is 0 Å². The molecular formula is C13H16ClFN2S2. The van der Waals surface area contributed by atoms with Gasteiger partial charge in [-0.25, -0.2) is 4.39 Å². The number of fused-ring (bicyclic) bond motifs is 1. The number of thioether (sulfide) groups is 1. The fourth-order valence-electron chi connectivity index (χ4n) is 2.09. The van der Waals surface area contributed by atoms with Crippen LogP contribution in [0.1, 0.15) is 26.3 Å². The zero-order valence-corrected chi connectivity index (χ0v) is 13.3. The lowest BCUT2D eigenvalue weighted by Gasteiger charge is -2.14. The summed E-state index contributed by atoms with van der Waals surface area (Å²) in [5.41, 5.74) is 1.56. The van der Waals surface area contributed by atoms with Gasteiger partial charge in [0.05, 0.1) is 16.1 Å². The third-order valence-corrected chi connectivity index (χ3v) is 4.60. The first-order valence-electron chi connectivity index (χ1n) is 6.21. The topological polar surface area (TPSA) is 20.7 Å². The van der Waals surface area contributed by atoms with Crippen LogP contribution in [0.5, 0.6) is 0 Å². The molecule has 2 rings (SSSR count). The number of hydrogen-bond acceptors (Lipinski definition) is 2. The highest BCUT2D eigenvalue weighted by Gasteiger charge is 2.13. The lowest BCUT2D eigenvalue weighted by Crippen LogP contribution is -2.06. The summed E-state index contributed by atoms with van der Waals surface area (Å²) in [4.78, 5) is 3.04. The van der Waals surface area contributed by atoms with Crippen LogP contribution in [-0.4, -0.2) is 21.1 Å². The van der Waals surface area contributed by atoms with Crippen LogP contribution in [0.4, 0.5) is 4.39 Å². The van der Waals surface area contributed by atoms with Crippen LogP contribution in [0.25, 0.3) is 11.0 Å². The van der Waals surface area contributed by atoms with Gasteiger partial charge in [0.25, 0.3) is 0 Å². The normalized spacial score (nSPS) is 13.1. The molecule has 19 heavy (non-hydrogen) atoms. The van der Waals surface area contributed by atoms with E-state index in [1.54, 1.807) is 6.07 Å². The van der Waals surface area contributed by atoms with E-state index in [2.05, 4.69) is 18.8 Å². The minimum atomic E-state index is -0.424. The van der Waals surface area contributed by atoms with Crippen LogP contribution in [0, 0.1) is 10.6 Å². The van der Waals surface area contributed by atoms with E-state index in [0.29, 0.717) is 10.3 Å². The second-order valence-corrected chi connectivity index (χ2v) is 6.61. The molecule has 0 aliphatic rings. The van der Waals surface area contributed by atoms with Crippen molar-refractivity contribution in [2.24, 2.45) is 0 Å². The van der Waals surface area contributed by atoms with Crippen molar-refractivity contribution in [3.63, 3.8) is 0 Å². The van der Waals surface area contributed by atoms with E-state index in [9.17, 15) is 4.39 Å². The monoisotopic (exact) mass is 318 g/mol. The van der Waals surface area contributed by atoms with Crippen molar-refractivity contribution in [2.75, 3.05) is 11.5 Å². The van der Waals surface area contributed by atoms with E-state index in [1.807, 2.05) is 16.3 Å². The standard InChI is InChI=1S/C13H16ClFN2S2/c1-3-19-5-4-8(2)17-12-6-9(14)10(15)7-11(12)16-13(17)18/h6-8H,3-5H2,1-2H3,(H,16,18). The Balaban J connectivity index is 2.39. The Labute approximate surface area is 126 Å². The highest BCUT2D eigenvalue weighted by Crippen LogP contribution is 2.26. The minimum absolute atomic E-state index is 0.130. The van der Waals surface area contributed by atoms with Crippen molar-refractivity contribution >= 4 is 46.6 Å². The average Bonchev–Trinajstić information content (AvgIpc) is 2.65. The Hall–Kier alpha value is -0.520. The molecule has 0 fully saturated rings. The smallest absolute Gasteiger partial charge is 0.178 e. The van der Waals surface area contributed by atoms with Crippen molar-refractivity contribution in [3.05, 3.63) is 27.7 Å². The van der Waals surface area contributed by atoms with Gasteiger partial charge in [-0.05, 0) is 43.1 Å². The Morgan fingerprint density at radius 2 is 2.26 bits per heavy atom. The quantitative estimate of drug-likeness (QED) is 0.604. The number of aromatic amines is 1. The zero-order chi connectivity index (χ0) is 14.0. The van der Waals surface area contributed by atoms with Crippen molar-refractivity contribution < 1.29 is 4.39 Å². The molecule has 0 saturated heterocycles. The summed E-state index contributed by atoms with van der Waals surface area (Å²) in [5, 5.41) is 0.130. The largest absolute Gasteiger partial charge is 0.330 e. The van der Waals surface area contributed by atoms with Crippen LogP contribution in [-0.2, 0) is 0 Å². The molecule has 1 aromatic heterocycles. The maximum absolute atomic E-state index is 13.4. The number of aromatic nitrogens is 2. The number of nitrogens with one attached hydrogen (secondary N) is 1. The van der Waals surface area contributed by atoms with E-state index in [-0.39, 0.29) is 11.1 Å². The molecule has 0 aliphatic carbocycles. The second kappa shape index (κ2) is 6.29. The molecular weight excluding hydrogens is 303 g/mol. The molecule has 1 unspecified atom stereocenters. The van der Waals surface area contributed by atoms with Gasteiger partial charge in [0.15, 0.2) is 4.77 Å². The maximum atomic E-state index is 13.4. The lowest BCUT2D eigenvalue weighted by molar-refractivity contribution is 0.542. The number of nitrogens with zero attached hydrogens (tertiary/aromatic N) is 1. The zero-order valence-electron chi connectivity index (χ0n) is 10.9. The van der Waals surface area contributed by atoms with Crippen LogP contribution in [0.15, 0.2) is 12.1 Å². The molecule has 1 N–H and O–H groups in total. The molecule has 104 valence electrons. The van der Waals surface area contributed by atoms with Crippen LogP contribution < -0.4 is 0 Å². The summed E-state index contributed by atoms with van der Waals surface area (Å²) in [6.45, 7) is 4.27. The first-order chi connectivity index (χ1) is 9.04. The summed E-state index contributed by atoms with van der Waals surface area (Å²) in [5.74, 6) is 1.77. The van der Waals surface area contributed by atoms with Gasteiger partial charge in [-0.15, -0.1) is 0 Å². The summed E-state index contributed by atoms with van der Waals surface area (Å²) >= 11 is 13.1. The Morgan fingerprint density at radius 1 is 1.53 bits per heavy atom. The molecule has 0 aliphatic heterocycles. The van der Waals surface area contributed by atoms with E-state index in [1.165, 1.54) is 6.07 Å². The molecule has 0 spiro atoms. The van der Waals surface area contributed by atoms with Gasteiger partial charge >= 0.3 is 0 Å². The maximum Gasteiger partial charge on any atom is 0.178 e. The van der Waals surface area contributed by atoms with Crippen molar-refractivity contribution in [3.8, 4) is 0 Å². The number of imidazole rings is 1. The van der Waals surface area contributed by atoms with E-state index < -0.39 is 5.82 Å². The van der Waals surface area contributed by atoms with Crippen molar-refractivity contribution in [2.45, 2.75) is 26.3 Å². The van der Waals surface area contributed by atoms with Crippen molar-refractivity contribution in [1.29, 1.82) is 0 Å². The van der Waals surface area contributed by atoms with Gasteiger partial charge in [0, 0.05) is 12.1 Å². The predicted octanol–water partition coefficient (Wildman–Crippen LogP) is 5.20. The fraction of sp³-hybridized carbons (Fsp3) is 0.462. The number of rotatable bonds is 5. The number of halogens is 2. The van der Waals surface area contributed by atoms with E-state index in [4.69, 9.17) is 23.8 Å². The molecule has 0 amide bonds. The molecule has 1 aromatic carbocycles. The Kier molecular flexibility index (Phi) is 4.92. The summed E-state index contributed by atoms with van der Waals surface area (Å²) < 4.78 is 16.1. The summed E-state index contributed by atoms with van der Waals surface area (Å²) in [7, 11) is 0. The van der Waals surface area contributed by atoms with Gasteiger partial charge in [-0.1, -0.05) is 18.5 Å². The fourth-order valence-corrected chi connectivity index (χ4v) is 3.43. The third-order valence-electron chi connectivity index (χ3n) is 3.08. The number of hydrogen-bond donors (Lipinski definition) is 1. The first kappa shape index (κ1) is 14.9. The van der Waals surface area contributed by atoms with E-state index in [0.717, 1.165) is 23.4 Å². The Bertz CT molecular complexity index is 635. The molecule has 0 bridgehead atoms. The van der Waals surface area contributed by atoms with Crippen LogP contribution in [0.2, 0.25) is 5.02 Å².